The standard InChI is InChI=1S/C16H14ClNO2/c1-9-2-4-10(5-3-9)16(20)12-6-11-7-15(19)18-14(11)8-13(12)17/h2-6,8,16,20H,7H2,1H3,(H,18,19). The number of carbonyl (C=O) groups is 1. The van der Waals surface area contributed by atoms with Crippen molar-refractivity contribution in [1.29, 1.82) is 0 Å². The van der Waals surface area contributed by atoms with Gasteiger partial charge in [-0.15, -0.1) is 0 Å². The van der Waals surface area contributed by atoms with Gasteiger partial charge in [-0.25, -0.2) is 0 Å². The number of nitrogens with one attached hydrogen (secondary N) is 1. The van der Waals surface area contributed by atoms with Gasteiger partial charge in [-0.1, -0.05) is 41.4 Å². The molecule has 1 aliphatic rings. The molecule has 0 fully saturated rings. The molecule has 2 aromatic rings. The third-order valence-electron chi connectivity index (χ3n) is 3.54. The topological polar surface area (TPSA) is 49.3 Å². The number of carbonyl (C=O) groups excluding carboxylic acids is 1. The van der Waals surface area contributed by atoms with Crippen molar-refractivity contribution in [2.75, 3.05) is 5.32 Å². The predicted molar refractivity (Wildman–Crippen MR) is 79.0 cm³/mol. The zero-order valence-corrected chi connectivity index (χ0v) is 11.7. The van der Waals surface area contributed by atoms with Crippen LogP contribution in [0.2, 0.25) is 5.02 Å². The molecule has 0 saturated carbocycles. The quantitative estimate of drug-likeness (QED) is 0.891. The maximum absolute atomic E-state index is 11.4. The molecule has 1 heterocycles. The average Bonchev–Trinajstić information content (AvgIpc) is 2.77. The molecule has 1 atom stereocenters. The van der Waals surface area contributed by atoms with Crippen LogP contribution in [0.15, 0.2) is 36.4 Å². The second-order valence-corrected chi connectivity index (χ2v) is 5.48. The van der Waals surface area contributed by atoms with E-state index in [0.29, 0.717) is 17.0 Å². The molecule has 1 aliphatic heterocycles. The number of aliphatic hydroxyl groups excluding tert-OH is 1. The van der Waals surface area contributed by atoms with Crippen molar-refractivity contribution in [3.8, 4) is 0 Å². The lowest BCUT2D eigenvalue weighted by Crippen LogP contribution is -2.03. The molecule has 2 N–H and O–H groups in total. The van der Waals surface area contributed by atoms with Crippen LogP contribution in [-0.4, -0.2) is 11.0 Å². The lowest BCUT2D eigenvalue weighted by Gasteiger charge is -2.15. The molecule has 0 radical (unpaired) electrons. The first-order chi connectivity index (χ1) is 9.54. The van der Waals surface area contributed by atoms with E-state index in [1.165, 1.54) is 0 Å². The number of aliphatic hydroxyl groups is 1. The summed E-state index contributed by atoms with van der Waals surface area (Å²) in [6.07, 6.45) is -0.454. The summed E-state index contributed by atoms with van der Waals surface area (Å²) in [6.45, 7) is 2.00. The Morgan fingerprint density at radius 3 is 2.65 bits per heavy atom. The second-order valence-electron chi connectivity index (χ2n) is 5.07. The first-order valence-corrected chi connectivity index (χ1v) is 6.79. The summed E-state index contributed by atoms with van der Waals surface area (Å²) in [7, 11) is 0. The summed E-state index contributed by atoms with van der Waals surface area (Å²) >= 11 is 6.22. The van der Waals surface area contributed by atoms with Crippen molar-refractivity contribution in [3.63, 3.8) is 0 Å². The van der Waals surface area contributed by atoms with Crippen molar-refractivity contribution in [3.05, 3.63) is 63.7 Å². The molecule has 20 heavy (non-hydrogen) atoms. The molecule has 2 aromatic carbocycles. The predicted octanol–water partition coefficient (Wildman–Crippen LogP) is 3.22. The van der Waals surface area contributed by atoms with Crippen molar-refractivity contribution < 1.29 is 9.90 Å². The highest BCUT2D eigenvalue weighted by atomic mass is 35.5. The first-order valence-electron chi connectivity index (χ1n) is 6.41. The highest BCUT2D eigenvalue weighted by Crippen LogP contribution is 2.35. The van der Waals surface area contributed by atoms with Crippen LogP contribution in [-0.2, 0) is 11.2 Å². The molecule has 3 nitrogen and oxygen atoms in total. The van der Waals surface area contributed by atoms with Gasteiger partial charge in [0.25, 0.3) is 0 Å². The SMILES string of the molecule is Cc1ccc(C(O)c2cc3c(cc2Cl)NC(=O)C3)cc1. The number of rotatable bonds is 2. The minimum absolute atomic E-state index is 0.0435. The monoisotopic (exact) mass is 287 g/mol. The zero-order valence-electron chi connectivity index (χ0n) is 11.0. The van der Waals surface area contributed by atoms with Crippen LogP contribution in [0.5, 0.6) is 0 Å². The van der Waals surface area contributed by atoms with E-state index in [9.17, 15) is 9.90 Å². The van der Waals surface area contributed by atoms with Crippen molar-refractivity contribution in [2.45, 2.75) is 19.4 Å². The summed E-state index contributed by atoms with van der Waals surface area (Å²) in [5.74, 6) is -0.0435. The number of amides is 1. The number of aryl methyl sites for hydroxylation is 1. The smallest absolute Gasteiger partial charge is 0.228 e. The summed E-state index contributed by atoms with van der Waals surface area (Å²) in [4.78, 5) is 11.4. The van der Waals surface area contributed by atoms with Gasteiger partial charge in [0.05, 0.1) is 6.42 Å². The molecule has 0 bridgehead atoms. The Morgan fingerprint density at radius 2 is 1.95 bits per heavy atom. The third kappa shape index (κ3) is 2.30. The molecular formula is C16H14ClNO2. The lowest BCUT2D eigenvalue weighted by atomic mass is 9.98. The highest BCUT2D eigenvalue weighted by Gasteiger charge is 2.22. The van der Waals surface area contributed by atoms with Crippen LogP contribution in [0.3, 0.4) is 0 Å². The second kappa shape index (κ2) is 4.93. The summed E-state index contributed by atoms with van der Waals surface area (Å²) in [6, 6.07) is 11.2. The first kappa shape index (κ1) is 13.2. The fourth-order valence-corrected chi connectivity index (χ4v) is 2.67. The van der Waals surface area contributed by atoms with Crippen LogP contribution in [0.1, 0.15) is 28.4 Å². The van der Waals surface area contributed by atoms with Crippen LogP contribution in [0, 0.1) is 6.92 Å². The lowest BCUT2D eigenvalue weighted by molar-refractivity contribution is -0.115. The number of hydrogen-bond donors (Lipinski definition) is 2. The molecule has 0 aromatic heterocycles. The fourth-order valence-electron chi connectivity index (χ4n) is 2.40. The number of benzene rings is 2. The van der Waals surface area contributed by atoms with E-state index in [2.05, 4.69) is 5.32 Å². The number of hydrogen-bond acceptors (Lipinski definition) is 2. The Hall–Kier alpha value is -1.84. The van der Waals surface area contributed by atoms with Gasteiger partial charge >= 0.3 is 0 Å². The van der Waals surface area contributed by atoms with Gasteiger partial charge in [0, 0.05) is 16.3 Å². The Morgan fingerprint density at radius 1 is 1.25 bits per heavy atom. The third-order valence-corrected chi connectivity index (χ3v) is 3.86. The maximum Gasteiger partial charge on any atom is 0.228 e. The van der Waals surface area contributed by atoms with Gasteiger partial charge in [0.2, 0.25) is 5.91 Å². The van der Waals surface area contributed by atoms with Crippen LogP contribution in [0.4, 0.5) is 5.69 Å². The Kier molecular flexibility index (Phi) is 3.24. The van der Waals surface area contributed by atoms with Gasteiger partial charge in [-0.2, -0.15) is 0 Å². The Labute approximate surface area is 122 Å². The normalized spacial score (nSPS) is 14.8. The minimum Gasteiger partial charge on any atom is -0.384 e. The van der Waals surface area contributed by atoms with Crippen molar-refractivity contribution in [2.24, 2.45) is 0 Å². The average molecular weight is 288 g/mol. The fraction of sp³-hybridized carbons (Fsp3) is 0.188. The molecule has 0 spiro atoms. The van der Waals surface area contributed by atoms with E-state index < -0.39 is 6.10 Å². The molecule has 1 amide bonds. The molecule has 3 rings (SSSR count). The summed E-state index contributed by atoms with van der Waals surface area (Å²) < 4.78 is 0. The van der Waals surface area contributed by atoms with Crippen LogP contribution < -0.4 is 5.32 Å². The number of anilines is 1. The highest BCUT2D eigenvalue weighted by molar-refractivity contribution is 6.32. The van der Waals surface area contributed by atoms with Gasteiger partial charge in [-0.3, -0.25) is 4.79 Å². The maximum atomic E-state index is 11.4. The molecule has 1 unspecified atom stereocenters. The summed E-state index contributed by atoms with van der Waals surface area (Å²) in [5, 5.41) is 13.7. The van der Waals surface area contributed by atoms with E-state index in [-0.39, 0.29) is 5.91 Å². The van der Waals surface area contributed by atoms with Gasteiger partial charge < -0.3 is 10.4 Å². The van der Waals surface area contributed by atoms with Crippen molar-refractivity contribution in [1.82, 2.24) is 0 Å². The molecule has 0 saturated heterocycles. The largest absolute Gasteiger partial charge is 0.384 e. The molecule has 102 valence electrons. The zero-order chi connectivity index (χ0) is 14.3. The van der Waals surface area contributed by atoms with E-state index in [1.54, 1.807) is 12.1 Å². The minimum atomic E-state index is -0.788. The van der Waals surface area contributed by atoms with Gasteiger partial charge in [-0.05, 0) is 30.2 Å². The van der Waals surface area contributed by atoms with Crippen LogP contribution in [0.25, 0.3) is 0 Å². The molecule has 0 aliphatic carbocycles. The van der Waals surface area contributed by atoms with E-state index >= 15 is 0 Å². The van der Waals surface area contributed by atoms with Crippen molar-refractivity contribution >= 4 is 23.2 Å². The Balaban J connectivity index is 2.00. The Bertz CT molecular complexity index is 680. The summed E-state index contributed by atoms with van der Waals surface area (Å²) in [5.41, 5.74) is 4.16. The molecule has 4 heteroatoms. The molecular weight excluding hydrogens is 274 g/mol. The van der Waals surface area contributed by atoms with Gasteiger partial charge in [0.1, 0.15) is 6.10 Å². The van der Waals surface area contributed by atoms with Gasteiger partial charge in [0.15, 0.2) is 0 Å². The van der Waals surface area contributed by atoms with E-state index in [0.717, 1.165) is 22.4 Å². The van der Waals surface area contributed by atoms with Crippen LogP contribution >= 0.6 is 11.6 Å². The van der Waals surface area contributed by atoms with E-state index in [4.69, 9.17) is 11.6 Å². The van der Waals surface area contributed by atoms with E-state index in [1.807, 2.05) is 31.2 Å². The number of halogens is 1. The number of fused-ring (bicyclic) bond motifs is 1.